The van der Waals surface area contributed by atoms with Crippen LogP contribution >= 0.6 is 0 Å². The maximum atomic E-state index is 11.7. The van der Waals surface area contributed by atoms with E-state index in [0.717, 1.165) is 11.5 Å². The Balaban J connectivity index is 2.68. The van der Waals surface area contributed by atoms with Crippen LogP contribution in [0.25, 0.3) is 0 Å². The van der Waals surface area contributed by atoms with Crippen LogP contribution in [0, 0.1) is 0 Å². The van der Waals surface area contributed by atoms with Gasteiger partial charge in [-0.2, -0.15) is 5.10 Å². The van der Waals surface area contributed by atoms with Gasteiger partial charge >= 0.3 is 0 Å². The highest BCUT2D eigenvalue weighted by Crippen LogP contribution is 2.23. The van der Waals surface area contributed by atoms with E-state index in [1.165, 1.54) is 0 Å². The molecule has 1 rings (SSSR count). The third kappa shape index (κ3) is 4.14. The zero-order chi connectivity index (χ0) is 13.9. The van der Waals surface area contributed by atoms with E-state index in [4.69, 9.17) is 0 Å². The van der Waals surface area contributed by atoms with Crippen molar-refractivity contribution < 1.29 is 4.79 Å². The van der Waals surface area contributed by atoms with Crippen LogP contribution in [0.15, 0.2) is 6.07 Å². The molecular formula is C13H24N4O. The van der Waals surface area contributed by atoms with E-state index < -0.39 is 0 Å². The lowest BCUT2D eigenvalue weighted by atomic mass is 9.92. The van der Waals surface area contributed by atoms with Crippen LogP contribution in [0.4, 0.5) is 5.82 Å². The first-order valence-electron chi connectivity index (χ1n) is 6.28. The molecule has 0 saturated heterocycles. The molecule has 0 bridgehead atoms. The van der Waals surface area contributed by atoms with Crippen LogP contribution in [-0.2, 0) is 17.3 Å². The quantitative estimate of drug-likeness (QED) is 0.856. The van der Waals surface area contributed by atoms with Gasteiger partial charge in [0.25, 0.3) is 0 Å². The Kier molecular flexibility index (Phi) is 4.51. The number of amides is 1. The van der Waals surface area contributed by atoms with Crippen molar-refractivity contribution in [2.24, 2.45) is 7.05 Å². The standard InChI is InChI=1S/C13H24N4O/c1-9(2)14-8-12(18)15-11-7-10(13(3,4)5)16-17(11)6/h7,9,14H,8H2,1-6H3,(H,15,18). The maximum absolute atomic E-state index is 11.7. The van der Waals surface area contributed by atoms with Gasteiger partial charge in [-0.25, -0.2) is 0 Å². The summed E-state index contributed by atoms with van der Waals surface area (Å²) < 4.78 is 1.70. The van der Waals surface area contributed by atoms with Gasteiger partial charge in [-0.3, -0.25) is 9.48 Å². The fourth-order valence-electron chi connectivity index (χ4n) is 1.43. The highest BCUT2D eigenvalue weighted by atomic mass is 16.2. The number of anilines is 1. The molecule has 1 aromatic rings. The molecule has 0 aliphatic rings. The number of nitrogens with zero attached hydrogens (tertiary/aromatic N) is 2. The molecule has 5 heteroatoms. The molecule has 0 aliphatic heterocycles. The molecule has 0 aliphatic carbocycles. The van der Waals surface area contributed by atoms with E-state index in [1.807, 2.05) is 27.0 Å². The first-order chi connectivity index (χ1) is 8.20. The van der Waals surface area contributed by atoms with Crippen LogP contribution in [0.2, 0.25) is 0 Å². The van der Waals surface area contributed by atoms with Crippen LogP contribution in [0.1, 0.15) is 40.3 Å². The van der Waals surface area contributed by atoms with Gasteiger partial charge in [0.15, 0.2) is 0 Å². The Hall–Kier alpha value is -1.36. The molecule has 102 valence electrons. The first kappa shape index (κ1) is 14.7. The third-order valence-corrected chi connectivity index (χ3v) is 2.59. The molecule has 0 radical (unpaired) electrons. The molecule has 0 saturated carbocycles. The smallest absolute Gasteiger partial charge is 0.239 e. The number of aromatic nitrogens is 2. The predicted molar refractivity (Wildman–Crippen MR) is 73.7 cm³/mol. The normalized spacial score (nSPS) is 11.9. The number of hydrogen-bond acceptors (Lipinski definition) is 3. The van der Waals surface area contributed by atoms with Gasteiger partial charge in [-0.15, -0.1) is 0 Å². The molecule has 0 aromatic carbocycles. The predicted octanol–water partition coefficient (Wildman–Crippen LogP) is 1.65. The van der Waals surface area contributed by atoms with E-state index in [-0.39, 0.29) is 11.3 Å². The summed E-state index contributed by atoms with van der Waals surface area (Å²) in [4.78, 5) is 11.7. The van der Waals surface area contributed by atoms with E-state index in [9.17, 15) is 4.79 Å². The Bertz CT molecular complexity index is 415. The number of aryl methyl sites for hydroxylation is 1. The minimum absolute atomic E-state index is 0.0169. The summed E-state index contributed by atoms with van der Waals surface area (Å²) in [6.45, 7) is 10.6. The van der Waals surface area contributed by atoms with E-state index >= 15 is 0 Å². The molecule has 1 amide bonds. The van der Waals surface area contributed by atoms with Gasteiger partial charge in [0.1, 0.15) is 5.82 Å². The van der Waals surface area contributed by atoms with Gasteiger partial charge in [0, 0.05) is 24.6 Å². The number of hydrogen-bond donors (Lipinski definition) is 2. The van der Waals surface area contributed by atoms with Crippen molar-refractivity contribution in [1.82, 2.24) is 15.1 Å². The summed E-state index contributed by atoms with van der Waals surface area (Å²) in [5.74, 6) is 0.683. The first-order valence-corrected chi connectivity index (χ1v) is 6.28. The summed E-state index contributed by atoms with van der Waals surface area (Å²) in [6, 6.07) is 2.22. The third-order valence-electron chi connectivity index (χ3n) is 2.59. The summed E-state index contributed by atoms with van der Waals surface area (Å²) in [5.41, 5.74) is 0.953. The van der Waals surface area contributed by atoms with Gasteiger partial charge in [-0.1, -0.05) is 34.6 Å². The van der Waals surface area contributed by atoms with E-state index in [1.54, 1.807) is 4.68 Å². The molecule has 0 spiro atoms. The van der Waals surface area contributed by atoms with Crippen molar-refractivity contribution >= 4 is 11.7 Å². The molecule has 0 fully saturated rings. The van der Waals surface area contributed by atoms with Crippen molar-refractivity contribution in [3.63, 3.8) is 0 Å². The fraction of sp³-hybridized carbons (Fsp3) is 0.692. The molecule has 5 nitrogen and oxygen atoms in total. The van der Waals surface area contributed by atoms with Gasteiger partial charge < -0.3 is 10.6 Å². The number of carbonyl (C=O) groups is 1. The van der Waals surface area contributed by atoms with Gasteiger partial charge in [0.05, 0.1) is 12.2 Å². The van der Waals surface area contributed by atoms with Gasteiger partial charge in [-0.05, 0) is 0 Å². The average Bonchev–Trinajstić information content (AvgIpc) is 2.57. The Morgan fingerprint density at radius 3 is 2.50 bits per heavy atom. The highest BCUT2D eigenvalue weighted by Gasteiger charge is 2.19. The Labute approximate surface area is 109 Å². The molecule has 0 atom stereocenters. The number of nitrogens with one attached hydrogen (secondary N) is 2. The van der Waals surface area contributed by atoms with E-state index in [0.29, 0.717) is 12.6 Å². The van der Waals surface area contributed by atoms with Crippen molar-refractivity contribution in [2.45, 2.75) is 46.1 Å². The summed E-state index contributed by atoms with van der Waals surface area (Å²) >= 11 is 0. The van der Waals surface area contributed by atoms with Crippen LogP contribution in [0.3, 0.4) is 0 Å². The zero-order valence-corrected chi connectivity index (χ0v) is 12.2. The fourth-order valence-corrected chi connectivity index (χ4v) is 1.43. The lowest BCUT2D eigenvalue weighted by molar-refractivity contribution is -0.115. The molecule has 2 N–H and O–H groups in total. The highest BCUT2D eigenvalue weighted by molar-refractivity contribution is 5.91. The number of carbonyl (C=O) groups excluding carboxylic acids is 1. The van der Waals surface area contributed by atoms with Crippen molar-refractivity contribution in [3.05, 3.63) is 11.8 Å². The minimum atomic E-state index is -0.0489. The minimum Gasteiger partial charge on any atom is -0.310 e. The van der Waals surface area contributed by atoms with E-state index in [2.05, 4.69) is 36.5 Å². The Morgan fingerprint density at radius 2 is 2.06 bits per heavy atom. The second-order valence-corrected chi connectivity index (χ2v) is 5.87. The molecule has 1 heterocycles. The zero-order valence-electron chi connectivity index (χ0n) is 12.2. The van der Waals surface area contributed by atoms with Gasteiger partial charge in [0.2, 0.25) is 5.91 Å². The molecule has 0 unspecified atom stereocenters. The topological polar surface area (TPSA) is 59.0 Å². The monoisotopic (exact) mass is 252 g/mol. The van der Waals surface area contributed by atoms with Crippen LogP contribution < -0.4 is 10.6 Å². The van der Waals surface area contributed by atoms with Crippen LogP contribution in [-0.4, -0.2) is 28.3 Å². The SMILES string of the molecule is CC(C)NCC(=O)Nc1cc(C(C)(C)C)nn1C. The Morgan fingerprint density at radius 1 is 1.44 bits per heavy atom. The molecule has 18 heavy (non-hydrogen) atoms. The van der Waals surface area contributed by atoms with Crippen LogP contribution in [0.5, 0.6) is 0 Å². The lowest BCUT2D eigenvalue weighted by Gasteiger charge is -2.13. The average molecular weight is 252 g/mol. The second-order valence-electron chi connectivity index (χ2n) is 5.87. The second kappa shape index (κ2) is 5.52. The number of rotatable bonds is 4. The lowest BCUT2D eigenvalue weighted by Crippen LogP contribution is -2.33. The largest absolute Gasteiger partial charge is 0.310 e. The molecule has 1 aromatic heterocycles. The molecular weight excluding hydrogens is 228 g/mol. The summed E-state index contributed by atoms with van der Waals surface area (Å²) in [5, 5.41) is 10.3. The maximum Gasteiger partial charge on any atom is 0.239 e. The summed E-state index contributed by atoms with van der Waals surface area (Å²) in [6.07, 6.45) is 0. The van der Waals surface area contributed by atoms with Crippen molar-refractivity contribution in [2.75, 3.05) is 11.9 Å². The van der Waals surface area contributed by atoms with Crippen molar-refractivity contribution in [3.8, 4) is 0 Å². The van der Waals surface area contributed by atoms with Crippen molar-refractivity contribution in [1.29, 1.82) is 0 Å². The summed E-state index contributed by atoms with van der Waals surface area (Å²) in [7, 11) is 1.83.